The summed E-state index contributed by atoms with van der Waals surface area (Å²) in [6.45, 7) is 9.64. The lowest BCUT2D eigenvalue weighted by Gasteiger charge is -2.32. The molecule has 1 rings (SSSR count). The second kappa shape index (κ2) is 7.07. The van der Waals surface area contributed by atoms with E-state index in [9.17, 15) is 13.6 Å². The Kier molecular flexibility index (Phi) is 5.99. The van der Waals surface area contributed by atoms with Crippen LogP contribution in [0.25, 0.3) is 0 Å². The molecule has 1 atom stereocenters. The highest BCUT2D eigenvalue weighted by atomic mass is 32.2. The van der Waals surface area contributed by atoms with Crippen LogP contribution < -0.4 is 0 Å². The lowest BCUT2D eigenvalue weighted by molar-refractivity contribution is -0.133. The Labute approximate surface area is 123 Å². The molecule has 20 heavy (non-hydrogen) atoms. The van der Waals surface area contributed by atoms with Gasteiger partial charge in [0.25, 0.3) is 0 Å². The number of hydrogen-bond donors (Lipinski definition) is 0. The predicted molar refractivity (Wildman–Crippen MR) is 78.8 cm³/mol. The quantitative estimate of drug-likeness (QED) is 0.763. The molecule has 0 N–H and O–H groups in total. The maximum absolute atomic E-state index is 13.2. The number of rotatable bonds is 5. The molecule has 0 spiro atoms. The molecule has 1 unspecified atom stereocenters. The first-order valence-electron chi connectivity index (χ1n) is 6.68. The minimum absolute atomic E-state index is 0.00438. The standard InChI is InChI=1S/C15H21F2NOS/c1-9(2)18(10(3)4)15(19)11(5)20-12-6-7-13(16)14(17)8-12/h6-11H,1-5H3. The van der Waals surface area contributed by atoms with Crippen molar-refractivity contribution in [3.05, 3.63) is 29.8 Å². The van der Waals surface area contributed by atoms with Gasteiger partial charge in [0.05, 0.1) is 5.25 Å². The maximum atomic E-state index is 13.2. The van der Waals surface area contributed by atoms with E-state index in [0.29, 0.717) is 4.90 Å². The van der Waals surface area contributed by atoms with Crippen LogP contribution in [0.15, 0.2) is 23.1 Å². The number of carbonyl (C=O) groups is 1. The first kappa shape index (κ1) is 17.0. The van der Waals surface area contributed by atoms with Crippen LogP contribution in [-0.4, -0.2) is 28.1 Å². The highest BCUT2D eigenvalue weighted by molar-refractivity contribution is 8.00. The molecule has 0 radical (unpaired) electrons. The molecule has 0 aliphatic rings. The smallest absolute Gasteiger partial charge is 0.236 e. The first-order chi connectivity index (χ1) is 9.23. The van der Waals surface area contributed by atoms with Crippen molar-refractivity contribution in [2.45, 2.75) is 56.8 Å². The van der Waals surface area contributed by atoms with Gasteiger partial charge in [-0.2, -0.15) is 0 Å². The van der Waals surface area contributed by atoms with Gasteiger partial charge in [0, 0.05) is 17.0 Å². The van der Waals surface area contributed by atoms with Crippen molar-refractivity contribution in [1.82, 2.24) is 4.90 Å². The Morgan fingerprint density at radius 1 is 1.05 bits per heavy atom. The number of benzene rings is 1. The van der Waals surface area contributed by atoms with Gasteiger partial charge < -0.3 is 4.90 Å². The molecule has 0 heterocycles. The van der Waals surface area contributed by atoms with E-state index >= 15 is 0 Å². The van der Waals surface area contributed by atoms with Crippen molar-refractivity contribution in [2.24, 2.45) is 0 Å². The van der Waals surface area contributed by atoms with E-state index in [0.717, 1.165) is 12.1 Å². The summed E-state index contributed by atoms with van der Waals surface area (Å²) in [4.78, 5) is 14.8. The molecule has 0 aliphatic heterocycles. The number of carbonyl (C=O) groups excluding carboxylic acids is 1. The second-order valence-electron chi connectivity index (χ2n) is 5.27. The van der Waals surface area contributed by atoms with Gasteiger partial charge in [-0.15, -0.1) is 11.8 Å². The van der Waals surface area contributed by atoms with E-state index in [4.69, 9.17) is 0 Å². The van der Waals surface area contributed by atoms with Gasteiger partial charge in [-0.3, -0.25) is 4.79 Å². The average molecular weight is 301 g/mol. The van der Waals surface area contributed by atoms with Crippen molar-refractivity contribution in [2.75, 3.05) is 0 Å². The van der Waals surface area contributed by atoms with E-state index < -0.39 is 11.6 Å². The van der Waals surface area contributed by atoms with Crippen molar-refractivity contribution >= 4 is 17.7 Å². The van der Waals surface area contributed by atoms with Crippen LogP contribution >= 0.6 is 11.8 Å². The minimum atomic E-state index is -0.890. The van der Waals surface area contributed by atoms with Crippen molar-refractivity contribution in [3.8, 4) is 0 Å². The number of halogens is 2. The number of amides is 1. The monoisotopic (exact) mass is 301 g/mol. The normalized spacial score (nSPS) is 12.8. The van der Waals surface area contributed by atoms with Crippen LogP contribution in [0.5, 0.6) is 0 Å². The van der Waals surface area contributed by atoms with E-state index in [-0.39, 0.29) is 23.2 Å². The summed E-state index contributed by atoms with van der Waals surface area (Å²) in [5, 5.41) is -0.343. The highest BCUT2D eigenvalue weighted by Crippen LogP contribution is 2.27. The van der Waals surface area contributed by atoms with Crippen LogP contribution in [0.1, 0.15) is 34.6 Å². The summed E-state index contributed by atoms with van der Waals surface area (Å²) in [7, 11) is 0. The zero-order valence-electron chi connectivity index (χ0n) is 12.5. The van der Waals surface area contributed by atoms with Crippen LogP contribution in [0.4, 0.5) is 8.78 Å². The molecular formula is C15H21F2NOS. The number of thioether (sulfide) groups is 1. The molecule has 5 heteroatoms. The summed E-state index contributed by atoms with van der Waals surface area (Å²) >= 11 is 1.24. The van der Waals surface area contributed by atoms with Gasteiger partial charge in [0.2, 0.25) is 5.91 Å². The number of nitrogens with zero attached hydrogens (tertiary/aromatic N) is 1. The Bertz CT molecular complexity index is 469. The van der Waals surface area contributed by atoms with Crippen LogP contribution in [0, 0.1) is 11.6 Å². The summed E-state index contributed by atoms with van der Waals surface area (Å²) in [5.74, 6) is -1.76. The zero-order chi connectivity index (χ0) is 15.4. The van der Waals surface area contributed by atoms with Gasteiger partial charge in [0.1, 0.15) is 0 Å². The summed E-state index contributed by atoms with van der Waals surface area (Å²) in [6, 6.07) is 3.91. The number of hydrogen-bond acceptors (Lipinski definition) is 2. The van der Waals surface area contributed by atoms with Crippen molar-refractivity contribution < 1.29 is 13.6 Å². The van der Waals surface area contributed by atoms with Gasteiger partial charge in [-0.1, -0.05) is 0 Å². The van der Waals surface area contributed by atoms with Crippen LogP contribution in [0.3, 0.4) is 0 Å². The molecular weight excluding hydrogens is 280 g/mol. The van der Waals surface area contributed by atoms with Gasteiger partial charge in [-0.05, 0) is 52.8 Å². The van der Waals surface area contributed by atoms with Crippen molar-refractivity contribution in [1.29, 1.82) is 0 Å². The largest absolute Gasteiger partial charge is 0.337 e. The molecule has 0 aliphatic carbocycles. The lowest BCUT2D eigenvalue weighted by atomic mass is 10.2. The Hall–Kier alpha value is -1.10. The fourth-order valence-electron chi connectivity index (χ4n) is 2.12. The fourth-order valence-corrected chi connectivity index (χ4v) is 3.07. The Balaban J connectivity index is 2.81. The molecule has 2 nitrogen and oxygen atoms in total. The maximum Gasteiger partial charge on any atom is 0.236 e. The average Bonchev–Trinajstić information content (AvgIpc) is 2.32. The topological polar surface area (TPSA) is 20.3 Å². The van der Waals surface area contributed by atoms with E-state index in [1.807, 2.05) is 27.7 Å². The predicted octanol–water partition coefficient (Wildman–Crippen LogP) is 4.09. The molecule has 0 bridgehead atoms. The SMILES string of the molecule is CC(Sc1ccc(F)c(F)c1)C(=O)N(C(C)C)C(C)C. The Morgan fingerprint density at radius 3 is 2.05 bits per heavy atom. The highest BCUT2D eigenvalue weighted by Gasteiger charge is 2.25. The van der Waals surface area contributed by atoms with Crippen LogP contribution in [0.2, 0.25) is 0 Å². The molecule has 1 amide bonds. The molecule has 1 aromatic rings. The summed E-state index contributed by atoms with van der Waals surface area (Å²) in [5.41, 5.74) is 0. The van der Waals surface area contributed by atoms with E-state index in [1.165, 1.54) is 17.8 Å². The second-order valence-corrected chi connectivity index (χ2v) is 6.68. The van der Waals surface area contributed by atoms with Gasteiger partial charge in [-0.25, -0.2) is 8.78 Å². The third-order valence-electron chi connectivity index (χ3n) is 2.92. The van der Waals surface area contributed by atoms with E-state index in [1.54, 1.807) is 11.8 Å². The van der Waals surface area contributed by atoms with Gasteiger partial charge in [0.15, 0.2) is 11.6 Å². The minimum Gasteiger partial charge on any atom is -0.337 e. The summed E-state index contributed by atoms with van der Waals surface area (Å²) < 4.78 is 26.0. The lowest BCUT2D eigenvalue weighted by Crippen LogP contribution is -2.45. The molecule has 112 valence electrons. The van der Waals surface area contributed by atoms with Crippen molar-refractivity contribution in [3.63, 3.8) is 0 Å². The van der Waals surface area contributed by atoms with Gasteiger partial charge >= 0.3 is 0 Å². The molecule has 0 fully saturated rings. The molecule has 0 saturated heterocycles. The summed E-state index contributed by atoms with van der Waals surface area (Å²) in [6.07, 6.45) is 0. The third kappa shape index (κ3) is 4.20. The molecule has 0 saturated carbocycles. The van der Waals surface area contributed by atoms with Crippen LogP contribution in [-0.2, 0) is 4.79 Å². The Morgan fingerprint density at radius 2 is 1.60 bits per heavy atom. The molecule has 1 aromatic carbocycles. The third-order valence-corrected chi connectivity index (χ3v) is 4.00. The first-order valence-corrected chi connectivity index (χ1v) is 7.56. The molecule has 0 aromatic heterocycles. The van der Waals surface area contributed by atoms with E-state index in [2.05, 4.69) is 0 Å². The zero-order valence-corrected chi connectivity index (χ0v) is 13.3. The fraction of sp³-hybridized carbons (Fsp3) is 0.533.